The van der Waals surface area contributed by atoms with Gasteiger partial charge in [0.15, 0.2) is 0 Å². The van der Waals surface area contributed by atoms with Gasteiger partial charge in [0.25, 0.3) is 0 Å². The summed E-state index contributed by atoms with van der Waals surface area (Å²) in [7, 11) is -3.54. The average molecular weight is 350 g/mol. The summed E-state index contributed by atoms with van der Waals surface area (Å²) in [5, 5.41) is 8.56. The number of halogens is 1. The molecule has 2 N–H and O–H groups in total. The van der Waals surface area contributed by atoms with Crippen molar-refractivity contribution in [2.24, 2.45) is 5.92 Å². The number of hydrogen-bond acceptors (Lipinski definition) is 3. The topological polar surface area (TPSA) is 83.5 Å². The fourth-order valence-corrected chi connectivity index (χ4v) is 3.20. The molecule has 0 heterocycles. The normalized spacial score (nSPS) is 13.2. The number of carboxylic acid groups (broad SMARTS) is 1. The predicted molar refractivity (Wildman–Crippen MR) is 75.4 cm³/mol. The predicted octanol–water partition coefficient (Wildman–Crippen LogP) is 2.23. The van der Waals surface area contributed by atoms with Crippen LogP contribution >= 0.6 is 15.9 Å². The van der Waals surface area contributed by atoms with E-state index in [1.54, 1.807) is 12.1 Å². The SMILES string of the molecule is CC(CCC(=O)O)CNS(=O)(=O)c1cccc(Br)c1. The summed E-state index contributed by atoms with van der Waals surface area (Å²) in [6.07, 6.45) is 0.482. The third-order valence-corrected chi connectivity index (χ3v) is 4.49. The molecule has 5 nitrogen and oxygen atoms in total. The lowest BCUT2D eigenvalue weighted by Crippen LogP contribution is -2.28. The Morgan fingerprint density at radius 1 is 1.47 bits per heavy atom. The number of carboxylic acids is 1. The van der Waals surface area contributed by atoms with E-state index in [0.717, 1.165) is 0 Å². The molecule has 1 rings (SSSR count). The first-order valence-corrected chi connectivity index (χ1v) is 8.06. The number of hydrogen-bond donors (Lipinski definition) is 2. The minimum atomic E-state index is -3.54. The molecule has 0 saturated carbocycles. The third kappa shape index (κ3) is 5.71. The van der Waals surface area contributed by atoms with Crippen molar-refractivity contribution < 1.29 is 18.3 Å². The second-order valence-corrected chi connectivity index (χ2v) is 7.03. The molecule has 0 radical (unpaired) electrons. The van der Waals surface area contributed by atoms with E-state index in [4.69, 9.17) is 5.11 Å². The number of aliphatic carboxylic acids is 1. The van der Waals surface area contributed by atoms with E-state index in [1.807, 2.05) is 6.92 Å². The van der Waals surface area contributed by atoms with Gasteiger partial charge < -0.3 is 5.11 Å². The van der Waals surface area contributed by atoms with Crippen LogP contribution in [-0.2, 0) is 14.8 Å². The van der Waals surface area contributed by atoms with Gasteiger partial charge in [0, 0.05) is 17.4 Å². The second kappa shape index (κ2) is 7.02. The standard InChI is InChI=1S/C12H16BrNO4S/c1-9(5-6-12(15)16)8-14-19(17,18)11-4-2-3-10(13)7-11/h2-4,7,9,14H,5-6,8H2,1H3,(H,15,16). The van der Waals surface area contributed by atoms with Gasteiger partial charge in [0.05, 0.1) is 4.90 Å². The summed E-state index contributed by atoms with van der Waals surface area (Å²) in [5.74, 6) is -0.903. The highest BCUT2D eigenvalue weighted by molar-refractivity contribution is 9.10. The Labute approximate surface area is 121 Å². The van der Waals surface area contributed by atoms with Crippen LogP contribution < -0.4 is 4.72 Å². The van der Waals surface area contributed by atoms with Crippen molar-refractivity contribution in [3.05, 3.63) is 28.7 Å². The number of carbonyl (C=O) groups is 1. The Kier molecular flexibility index (Phi) is 5.96. The molecule has 106 valence electrons. The van der Waals surface area contributed by atoms with Crippen molar-refractivity contribution in [2.45, 2.75) is 24.7 Å². The zero-order chi connectivity index (χ0) is 14.5. The molecule has 0 spiro atoms. The zero-order valence-corrected chi connectivity index (χ0v) is 12.9. The van der Waals surface area contributed by atoms with Crippen LogP contribution in [0.15, 0.2) is 33.6 Å². The van der Waals surface area contributed by atoms with Crippen LogP contribution in [0.5, 0.6) is 0 Å². The molecule has 19 heavy (non-hydrogen) atoms. The highest BCUT2D eigenvalue weighted by Crippen LogP contribution is 2.16. The Bertz CT molecular complexity index is 544. The van der Waals surface area contributed by atoms with Crippen LogP contribution in [-0.4, -0.2) is 26.0 Å². The quantitative estimate of drug-likeness (QED) is 0.790. The molecular weight excluding hydrogens is 334 g/mol. The largest absolute Gasteiger partial charge is 0.481 e. The van der Waals surface area contributed by atoms with Gasteiger partial charge in [-0.3, -0.25) is 4.79 Å². The highest BCUT2D eigenvalue weighted by Gasteiger charge is 2.15. The lowest BCUT2D eigenvalue weighted by atomic mass is 10.1. The summed E-state index contributed by atoms with van der Waals surface area (Å²) >= 11 is 3.22. The molecule has 0 aliphatic heterocycles. The number of benzene rings is 1. The molecular formula is C12H16BrNO4S. The number of nitrogens with one attached hydrogen (secondary N) is 1. The molecule has 0 aliphatic rings. The Morgan fingerprint density at radius 2 is 2.16 bits per heavy atom. The van der Waals surface area contributed by atoms with Crippen LogP contribution in [0.2, 0.25) is 0 Å². The van der Waals surface area contributed by atoms with Gasteiger partial charge in [-0.05, 0) is 30.5 Å². The molecule has 0 aliphatic carbocycles. The Balaban J connectivity index is 2.58. The van der Waals surface area contributed by atoms with Gasteiger partial charge in [0.1, 0.15) is 0 Å². The summed E-state index contributed by atoms with van der Waals surface area (Å²) in [4.78, 5) is 10.6. The van der Waals surface area contributed by atoms with Gasteiger partial charge in [-0.25, -0.2) is 13.1 Å². The molecule has 0 amide bonds. The second-order valence-electron chi connectivity index (χ2n) is 4.35. The Morgan fingerprint density at radius 3 is 2.74 bits per heavy atom. The molecule has 1 unspecified atom stereocenters. The summed E-state index contributed by atoms with van der Waals surface area (Å²) in [6, 6.07) is 6.42. The van der Waals surface area contributed by atoms with Crippen molar-refractivity contribution in [2.75, 3.05) is 6.54 Å². The van der Waals surface area contributed by atoms with Crippen LogP contribution in [0, 0.1) is 5.92 Å². The molecule has 0 saturated heterocycles. The first kappa shape index (κ1) is 16.1. The smallest absolute Gasteiger partial charge is 0.303 e. The maximum absolute atomic E-state index is 12.0. The summed E-state index contributed by atoms with van der Waals surface area (Å²) < 4.78 is 27.1. The van der Waals surface area contributed by atoms with E-state index in [-0.39, 0.29) is 23.8 Å². The average Bonchev–Trinajstić information content (AvgIpc) is 2.34. The van der Waals surface area contributed by atoms with Crippen LogP contribution in [0.3, 0.4) is 0 Å². The van der Waals surface area contributed by atoms with Crippen LogP contribution in [0.1, 0.15) is 19.8 Å². The maximum atomic E-state index is 12.0. The van der Waals surface area contributed by atoms with Crippen molar-refractivity contribution in [3.63, 3.8) is 0 Å². The molecule has 1 atom stereocenters. The van der Waals surface area contributed by atoms with E-state index in [1.165, 1.54) is 12.1 Å². The van der Waals surface area contributed by atoms with Crippen LogP contribution in [0.25, 0.3) is 0 Å². The molecule has 0 aromatic heterocycles. The van der Waals surface area contributed by atoms with Gasteiger partial charge >= 0.3 is 5.97 Å². The number of rotatable bonds is 7. The summed E-state index contributed by atoms with van der Waals surface area (Å²) in [6.45, 7) is 2.04. The van der Waals surface area contributed by atoms with E-state index in [9.17, 15) is 13.2 Å². The number of sulfonamides is 1. The molecule has 1 aromatic rings. The van der Waals surface area contributed by atoms with E-state index in [0.29, 0.717) is 10.9 Å². The summed E-state index contributed by atoms with van der Waals surface area (Å²) in [5.41, 5.74) is 0. The zero-order valence-electron chi connectivity index (χ0n) is 10.5. The first-order chi connectivity index (χ1) is 8.81. The lowest BCUT2D eigenvalue weighted by molar-refractivity contribution is -0.137. The van der Waals surface area contributed by atoms with E-state index < -0.39 is 16.0 Å². The van der Waals surface area contributed by atoms with E-state index in [2.05, 4.69) is 20.7 Å². The first-order valence-electron chi connectivity index (χ1n) is 5.78. The van der Waals surface area contributed by atoms with Crippen molar-refractivity contribution in [1.82, 2.24) is 4.72 Å². The monoisotopic (exact) mass is 349 g/mol. The highest BCUT2D eigenvalue weighted by atomic mass is 79.9. The van der Waals surface area contributed by atoms with Gasteiger partial charge in [-0.1, -0.05) is 28.9 Å². The van der Waals surface area contributed by atoms with Crippen molar-refractivity contribution >= 4 is 31.9 Å². The minimum Gasteiger partial charge on any atom is -0.481 e. The molecule has 0 fully saturated rings. The maximum Gasteiger partial charge on any atom is 0.303 e. The van der Waals surface area contributed by atoms with Gasteiger partial charge in [-0.15, -0.1) is 0 Å². The fraction of sp³-hybridized carbons (Fsp3) is 0.417. The lowest BCUT2D eigenvalue weighted by Gasteiger charge is -2.12. The molecule has 1 aromatic carbocycles. The third-order valence-electron chi connectivity index (χ3n) is 2.58. The minimum absolute atomic E-state index is 0.0296. The molecule has 0 bridgehead atoms. The van der Waals surface area contributed by atoms with Crippen molar-refractivity contribution in [3.8, 4) is 0 Å². The molecule has 7 heteroatoms. The van der Waals surface area contributed by atoms with Gasteiger partial charge in [0.2, 0.25) is 10.0 Å². The van der Waals surface area contributed by atoms with Crippen LogP contribution in [0.4, 0.5) is 0 Å². The fourth-order valence-electron chi connectivity index (χ4n) is 1.44. The Hall–Kier alpha value is -0.920. The van der Waals surface area contributed by atoms with Gasteiger partial charge in [-0.2, -0.15) is 0 Å². The van der Waals surface area contributed by atoms with E-state index >= 15 is 0 Å². The van der Waals surface area contributed by atoms with Crippen molar-refractivity contribution in [1.29, 1.82) is 0 Å².